The second-order valence-electron chi connectivity index (χ2n) is 6.15. The Morgan fingerprint density at radius 1 is 1.32 bits per heavy atom. The average molecular weight is 403 g/mol. The molecule has 6 heteroatoms. The predicted octanol–water partition coefficient (Wildman–Crippen LogP) is 3.45. The molecule has 2 aromatic rings. The van der Waals surface area contributed by atoms with E-state index in [1.165, 1.54) is 6.20 Å². The summed E-state index contributed by atoms with van der Waals surface area (Å²) in [5, 5.41) is 11.2. The smallest absolute Gasteiger partial charge is 0.264 e. The summed E-state index contributed by atoms with van der Waals surface area (Å²) in [4.78, 5) is 31.1. The Balaban J connectivity index is 1.98. The topological polar surface area (TPSA) is 70.5 Å². The highest BCUT2D eigenvalue weighted by Crippen LogP contribution is 2.44. The van der Waals surface area contributed by atoms with Crippen molar-refractivity contribution >= 4 is 33.3 Å². The highest BCUT2D eigenvalue weighted by atomic mass is 79.9. The Labute approximate surface area is 154 Å². The molecule has 130 valence electrons. The number of hydrogen-bond donors (Lipinski definition) is 1. The monoisotopic (exact) mass is 402 g/mol. The summed E-state index contributed by atoms with van der Waals surface area (Å²) < 4.78 is 0.750. The van der Waals surface area contributed by atoms with Crippen molar-refractivity contribution in [3.63, 3.8) is 0 Å². The number of aromatic nitrogens is 1. The van der Waals surface area contributed by atoms with Gasteiger partial charge >= 0.3 is 0 Å². The van der Waals surface area contributed by atoms with Crippen LogP contribution in [0.4, 0.5) is 5.69 Å². The second kappa shape index (κ2) is 7.06. The predicted molar refractivity (Wildman–Crippen MR) is 98.5 cm³/mol. The summed E-state index contributed by atoms with van der Waals surface area (Å²) in [6.07, 6.45) is 2.95. The number of halogens is 1. The Kier molecular flexibility index (Phi) is 5.01. The van der Waals surface area contributed by atoms with Crippen LogP contribution in [0.3, 0.4) is 0 Å². The van der Waals surface area contributed by atoms with E-state index in [-0.39, 0.29) is 17.9 Å². The van der Waals surface area contributed by atoms with Crippen LogP contribution < -0.4 is 4.90 Å². The Morgan fingerprint density at radius 3 is 2.80 bits per heavy atom. The largest absolute Gasteiger partial charge is 0.375 e. The number of rotatable bonds is 6. The Bertz CT molecular complexity index is 810. The van der Waals surface area contributed by atoms with Crippen molar-refractivity contribution in [2.45, 2.75) is 31.8 Å². The summed E-state index contributed by atoms with van der Waals surface area (Å²) in [6, 6.07) is 10.4. The zero-order chi connectivity index (χ0) is 18.0. The molecule has 5 nitrogen and oxygen atoms in total. The molecule has 0 bridgehead atoms. The fourth-order valence-corrected chi connectivity index (χ4v) is 3.44. The SMILES string of the molecule is CCCCN1C(=O)C(O)(CC(=O)c2ccccn2)c2cc(Br)ccc21. The molecule has 25 heavy (non-hydrogen) atoms. The lowest BCUT2D eigenvalue weighted by Gasteiger charge is -2.22. The van der Waals surface area contributed by atoms with Crippen molar-refractivity contribution in [1.82, 2.24) is 4.98 Å². The first kappa shape index (κ1) is 17.8. The molecule has 1 aliphatic rings. The average Bonchev–Trinajstić information content (AvgIpc) is 2.81. The van der Waals surface area contributed by atoms with E-state index in [0.29, 0.717) is 17.8 Å². The minimum atomic E-state index is -1.86. The van der Waals surface area contributed by atoms with Crippen LogP contribution in [-0.2, 0) is 10.4 Å². The van der Waals surface area contributed by atoms with Crippen molar-refractivity contribution in [3.8, 4) is 0 Å². The van der Waals surface area contributed by atoms with E-state index in [1.807, 2.05) is 13.0 Å². The molecule has 1 amide bonds. The molecule has 1 N–H and O–H groups in total. The van der Waals surface area contributed by atoms with Gasteiger partial charge in [0, 0.05) is 22.8 Å². The van der Waals surface area contributed by atoms with E-state index in [0.717, 1.165) is 17.3 Å². The van der Waals surface area contributed by atoms with Gasteiger partial charge in [0.25, 0.3) is 5.91 Å². The van der Waals surface area contributed by atoms with Gasteiger partial charge in [0.1, 0.15) is 5.69 Å². The lowest BCUT2D eigenvalue weighted by atomic mass is 9.89. The maximum absolute atomic E-state index is 13.0. The molecule has 1 atom stereocenters. The van der Waals surface area contributed by atoms with E-state index in [1.54, 1.807) is 35.2 Å². The zero-order valence-electron chi connectivity index (χ0n) is 13.9. The van der Waals surface area contributed by atoms with Gasteiger partial charge in [0.2, 0.25) is 0 Å². The number of anilines is 1. The van der Waals surface area contributed by atoms with Crippen LogP contribution in [0.25, 0.3) is 0 Å². The molecule has 2 heterocycles. The van der Waals surface area contributed by atoms with Gasteiger partial charge in [-0.25, -0.2) is 0 Å². The molecule has 3 rings (SSSR count). The summed E-state index contributed by atoms with van der Waals surface area (Å²) in [5.74, 6) is -0.807. The van der Waals surface area contributed by atoms with Crippen molar-refractivity contribution in [2.24, 2.45) is 0 Å². The number of unbranched alkanes of at least 4 members (excludes halogenated alkanes) is 1. The van der Waals surface area contributed by atoms with E-state index in [4.69, 9.17) is 0 Å². The van der Waals surface area contributed by atoms with Crippen LogP contribution in [-0.4, -0.2) is 28.3 Å². The van der Waals surface area contributed by atoms with Crippen LogP contribution in [0.15, 0.2) is 47.1 Å². The van der Waals surface area contributed by atoms with Crippen molar-refractivity contribution in [1.29, 1.82) is 0 Å². The molecule has 0 aliphatic carbocycles. The van der Waals surface area contributed by atoms with Gasteiger partial charge in [-0.15, -0.1) is 0 Å². The number of pyridine rings is 1. The maximum Gasteiger partial charge on any atom is 0.264 e. The van der Waals surface area contributed by atoms with Crippen molar-refractivity contribution < 1.29 is 14.7 Å². The molecule has 0 fully saturated rings. The quantitative estimate of drug-likeness (QED) is 0.751. The Hall–Kier alpha value is -2.05. The minimum absolute atomic E-state index is 0.243. The fourth-order valence-electron chi connectivity index (χ4n) is 3.08. The highest BCUT2D eigenvalue weighted by molar-refractivity contribution is 9.10. The standard InChI is InChI=1S/C19H19BrN2O3/c1-2-3-10-22-16-8-7-13(20)11-14(16)19(25,18(22)24)12-17(23)15-6-4-5-9-21-15/h4-9,11,25H,2-3,10,12H2,1H3. The van der Waals surface area contributed by atoms with E-state index >= 15 is 0 Å². The molecule has 0 spiro atoms. The summed E-state index contributed by atoms with van der Waals surface area (Å²) >= 11 is 3.38. The van der Waals surface area contributed by atoms with Crippen LogP contribution in [0.5, 0.6) is 0 Å². The maximum atomic E-state index is 13.0. The van der Waals surface area contributed by atoms with Crippen LogP contribution >= 0.6 is 15.9 Å². The number of benzene rings is 1. The number of Topliss-reactive ketones (excluding diaryl/α,β-unsaturated/α-hetero) is 1. The molecule has 1 aromatic carbocycles. The third-order valence-corrected chi connectivity index (χ3v) is 4.89. The number of hydrogen-bond acceptors (Lipinski definition) is 4. The lowest BCUT2D eigenvalue weighted by molar-refractivity contribution is -0.135. The molecule has 1 unspecified atom stereocenters. The summed E-state index contributed by atoms with van der Waals surface area (Å²) in [6.45, 7) is 2.56. The van der Waals surface area contributed by atoms with Gasteiger partial charge in [0.15, 0.2) is 11.4 Å². The molecule has 1 aromatic heterocycles. The molecule has 0 saturated heterocycles. The normalized spacial score (nSPS) is 19.2. The molecule has 0 saturated carbocycles. The number of fused-ring (bicyclic) bond motifs is 1. The van der Waals surface area contributed by atoms with Crippen LogP contribution in [0.1, 0.15) is 42.2 Å². The highest BCUT2D eigenvalue weighted by Gasteiger charge is 2.50. The van der Waals surface area contributed by atoms with Gasteiger partial charge in [-0.3, -0.25) is 14.6 Å². The molecule has 0 radical (unpaired) electrons. The first-order valence-electron chi connectivity index (χ1n) is 8.26. The number of amides is 1. The van der Waals surface area contributed by atoms with E-state index < -0.39 is 11.5 Å². The fraction of sp³-hybridized carbons (Fsp3) is 0.316. The summed E-state index contributed by atoms with van der Waals surface area (Å²) in [7, 11) is 0. The first-order chi connectivity index (χ1) is 12.0. The van der Waals surface area contributed by atoms with Gasteiger partial charge < -0.3 is 10.0 Å². The summed E-state index contributed by atoms with van der Waals surface area (Å²) in [5.41, 5.74) is -0.487. The third-order valence-electron chi connectivity index (χ3n) is 4.40. The van der Waals surface area contributed by atoms with Gasteiger partial charge in [-0.05, 0) is 36.8 Å². The van der Waals surface area contributed by atoms with Gasteiger partial charge in [-0.2, -0.15) is 0 Å². The van der Waals surface area contributed by atoms with E-state index in [2.05, 4.69) is 20.9 Å². The number of ketones is 1. The number of carbonyl (C=O) groups is 2. The molecular formula is C19H19BrN2O3. The Morgan fingerprint density at radius 2 is 2.12 bits per heavy atom. The number of nitrogens with zero attached hydrogens (tertiary/aromatic N) is 2. The third kappa shape index (κ3) is 3.24. The number of carbonyl (C=O) groups excluding carboxylic acids is 2. The van der Waals surface area contributed by atoms with Crippen molar-refractivity contribution in [2.75, 3.05) is 11.4 Å². The first-order valence-corrected chi connectivity index (χ1v) is 9.05. The minimum Gasteiger partial charge on any atom is -0.375 e. The van der Waals surface area contributed by atoms with Crippen LogP contribution in [0, 0.1) is 0 Å². The molecular weight excluding hydrogens is 384 g/mol. The van der Waals surface area contributed by atoms with Gasteiger partial charge in [0.05, 0.1) is 12.1 Å². The van der Waals surface area contributed by atoms with Gasteiger partial charge in [-0.1, -0.05) is 35.3 Å². The van der Waals surface area contributed by atoms with Crippen molar-refractivity contribution in [3.05, 3.63) is 58.3 Å². The second-order valence-corrected chi connectivity index (χ2v) is 7.06. The zero-order valence-corrected chi connectivity index (χ0v) is 15.5. The lowest BCUT2D eigenvalue weighted by Crippen LogP contribution is -2.42. The number of aliphatic hydroxyl groups is 1. The van der Waals surface area contributed by atoms with Crippen LogP contribution in [0.2, 0.25) is 0 Å². The molecule has 1 aliphatic heterocycles. The van der Waals surface area contributed by atoms with E-state index in [9.17, 15) is 14.7 Å².